The summed E-state index contributed by atoms with van der Waals surface area (Å²) in [5.74, 6) is 2.02. The summed E-state index contributed by atoms with van der Waals surface area (Å²) in [7, 11) is 0. The van der Waals surface area contributed by atoms with Crippen LogP contribution in [0.25, 0.3) is 10.7 Å². The zero-order chi connectivity index (χ0) is 21.0. The topological polar surface area (TPSA) is 87.8 Å². The normalized spacial score (nSPS) is 17.8. The molecule has 0 aliphatic carbocycles. The van der Waals surface area contributed by atoms with Crippen LogP contribution in [-0.2, 0) is 11.3 Å². The van der Waals surface area contributed by atoms with Gasteiger partial charge in [-0.2, -0.15) is 4.98 Å². The van der Waals surface area contributed by atoms with Crippen LogP contribution in [0, 0.1) is 0 Å². The van der Waals surface area contributed by atoms with Gasteiger partial charge in [-0.25, -0.2) is 4.98 Å². The molecule has 0 spiro atoms. The second kappa shape index (κ2) is 9.13. The summed E-state index contributed by atoms with van der Waals surface area (Å²) in [5.41, 5.74) is 0.662. The Bertz CT molecular complexity index is 1010. The summed E-state index contributed by atoms with van der Waals surface area (Å²) in [6.07, 6.45) is 1.74. The molecular weight excluding hydrogens is 416 g/mol. The first-order valence-electron chi connectivity index (χ1n) is 10.4. The van der Waals surface area contributed by atoms with E-state index in [9.17, 15) is 4.79 Å². The predicted molar refractivity (Wildman–Crippen MR) is 116 cm³/mol. The van der Waals surface area contributed by atoms with Crippen molar-refractivity contribution in [3.8, 4) is 10.7 Å². The molecule has 0 bridgehead atoms. The van der Waals surface area contributed by atoms with Gasteiger partial charge in [-0.1, -0.05) is 11.2 Å². The third-order valence-electron chi connectivity index (χ3n) is 5.56. The van der Waals surface area contributed by atoms with E-state index in [0.29, 0.717) is 50.1 Å². The lowest BCUT2D eigenvalue weighted by Gasteiger charge is -2.35. The molecule has 5 rings (SSSR count). The summed E-state index contributed by atoms with van der Waals surface area (Å²) < 4.78 is 10.9. The summed E-state index contributed by atoms with van der Waals surface area (Å²) in [6.45, 7) is 6.24. The minimum atomic E-state index is 0.0343. The van der Waals surface area contributed by atoms with E-state index < -0.39 is 0 Å². The predicted octanol–water partition coefficient (Wildman–Crippen LogP) is 1.99. The van der Waals surface area contributed by atoms with Crippen LogP contribution < -0.4 is 4.90 Å². The number of nitrogens with zero attached hydrogens (tertiary/aromatic N) is 6. The van der Waals surface area contributed by atoms with Gasteiger partial charge < -0.3 is 19.1 Å². The van der Waals surface area contributed by atoms with Crippen LogP contribution in [-0.4, -0.2) is 83.3 Å². The number of amides is 1. The molecule has 0 radical (unpaired) electrons. The van der Waals surface area contributed by atoms with E-state index in [1.165, 1.54) is 0 Å². The highest BCUT2D eigenvalue weighted by Gasteiger charge is 2.27. The monoisotopic (exact) mass is 440 g/mol. The summed E-state index contributed by atoms with van der Waals surface area (Å²) in [5, 5.41) is 6.07. The average Bonchev–Trinajstić information content (AvgIpc) is 3.52. The van der Waals surface area contributed by atoms with Gasteiger partial charge >= 0.3 is 0 Å². The first-order chi connectivity index (χ1) is 15.3. The molecule has 2 fully saturated rings. The lowest BCUT2D eigenvalue weighted by molar-refractivity contribution is 0.0614. The molecule has 2 aliphatic rings. The molecule has 3 aromatic rings. The first-order valence-corrected chi connectivity index (χ1v) is 11.3. The van der Waals surface area contributed by atoms with Crippen molar-refractivity contribution in [1.82, 2.24) is 24.9 Å². The molecule has 0 unspecified atom stereocenters. The Balaban J connectivity index is 1.20. The largest absolute Gasteiger partial charge is 0.378 e. The van der Waals surface area contributed by atoms with Crippen molar-refractivity contribution in [2.24, 2.45) is 0 Å². The number of hydrogen-bond donors (Lipinski definition) is 0. The van der Waals surface area contributed by atoms with E-state index in [2.05, 4.69) is 24.9 Å². The van der Waals surface area contributed by atoms with Gasteiger partial charge in [0.05, 0.1) is 30.2 Å². The zero-order valence-corrected chi connectivity index (χ0v) is 18.0. The average molecular weight is 441 g/mol. The number of carbonyl (C=O) groups excluding carboxylic acids is 1. The Kier molecular flexibility index (Phi) is 5.92. The lowest BCUT2D eigenvalue weighted by atomic mass is 10.2. The molecule has 31 heavy (non-hydrogen) atoms. The molecule has 0 N–H and O–H groups in total. The molecular formula is C21H24N6O3S. The number of pyridine rings is 1. The van der Waals surface area contributed by atoms with E-state index >= 15 is 0 Å². The van der Waals surface area contributed by atoms with E-state index in [-0.39, 0.29) is 5.91 Å². The molecule has 162 valence electrons. The number of piperazine rings is 1. The van der Waals surface area contributed by atoms with Gasteiger partial charge in [0, 0.05) is 45.5 Å². The molecule has 2 saturated heterocycles. The molecule has 0 saturated carbocycles. The van der Waals surface area contributed by atoms with Crippen molar-refractivity contribution < 1.29 is 14.1 Å². The Morgan fingerprint density at radius 1 is 1.06 bits per heavy atom. The van der Waals surface area contributed by atoms with Crippen LogP contribution in [0.15, 0.2) is 40.4 Å². The molecule has 1 amide bonds. The summed E-state index contributed by atoms with van der Waals surface area (Å²) in [6, 6.07) is 7.65. The highest BCUT2D eigenvalue weighted by molar-refractivity contribution is 7.13. The zero-order valence-electron chi connectivity index (χ0n) is 17.1. The number of aromatic nitrogens is 3. The maximum Gasteiger partial charge on any atom is 0.257 e. The number of ether oxygens (including phenoxy) is 1. The van der Waals surface area contributed by atoms with Gasteiger partial charge in [0.1, 0.15) is 5.82 Å². The van der Waals surface area contributed by atoms with Crippen LogP contribution in [0.3, 0.4) is 0 Å². The number of hydrogen-bond acceptors (Lipinski definition) is 9. The van der Waals surface area contributed by atoms with Gasteiger partial charge in [0.15, 0.2) is 0 Å². The van der Waals surface area contributed by atoms with Crippen LogP contribution in [0.5, 0.6) is 0 Å². The second-order valence-electron chi connectivity index (χ2n) is 7.53. The van der Waals surface area contributed by atoms with Crippen molar-refractivity contribution in [3.05, 3.63) is 47.3 Å². The SMILES string of the molecule is O=C(c1cccnc1N1CCOCC1)N1CCN(Cc2nc(-c3cccs3)no2)CC1. The molecule has 5 heterocycles. The third-order valence-corrected chi connectivity index (χ3v) is 6.42. The van der Waals surface area contributed by atoms with Gasteiger partial charge in [-0.15, -0.1) is 11.3 Å². The van der Waals surface area contributed by atoms with Gasteiger partial charge in [-0.3, -0.25) is 9.69 Å². The van der Waals surface area contributed by atoms with Crippen molar-refractivity contribution in [2.45, 2.75) is 6.54 Å². The third kappa shape index (κ3) is 4.46. The Morgan fingerprint density at radius 2 is 1.90 bits per heavy atom. The van der Waals surface area contributed by atoms with Gasteiger partial charge in [0.2, 0.25) is 11.7 Å². The molecule has 0 atom stereocenters. The number of rotatable bonds is 5. The molecule has 2 aliphatic heterocycles. The van der Waals surface area contributed by atoms with E-state index in [1.54, 1.807) is 17.5 Å². The number of anilines is 1. The fourth-order valence-electron chi connectivity index (χ4n) is 3.89. The highest BCUT2D eigenvalue weighted by Crippen LogP contribution is 2.23. The van der Waals surface area contributed by atoms with E-state index in [1.807, 2.05) is 34.5 Å². The fourth-order valence-corrected chi connectivity index (χ4v) is 4.54. The fraction of sp³-hybridized carbons (Fsp3) is 0.429. The van der Waals surface area contributed by atoms with Crippen LogP contribution in [0.2, 0.25) is 0 Å². The molecule has 0 aromatic carbocycles. The Labute approximate surface area is 184 Å². The van der Waals surface area contributed by atoms with Crippen molar-refractivity contribution in [3.63, 3.8) is 0 Å². The number of thiophene rings is 1. The maximum absolute atomic E-state index is 13.2. The quantitative estimate of drug-likeness (QED) is 0.595. The summed E-state index contributed by atoms with van der Waals surface area (Å²) >= 11 is 1.59. The number of carbonyl (C=O) groups is 1. The van der Waals surface area contributed by atoms with E-state index in [0.717, 1.165) is 36.9 Å². The van der Waals surface area contributed by atoms with Crippen LogP contribution in [0.1, 0.15) is 16.2 Å². The van der Waals surface area contributed by atoms with Crippen LogP contribution in [0.4, 0.5) is 5.82 Å². The minimum absolute atomic E-state index is 0.0343. The molecule has 10 heteroatoms. The van der Waals surface area contributed by atoms with Crippen molar-refractivity contribution in [1.29, 1.82) is 0 Å². The first kappa shape index (κ1) is 20.1. The molecule has 3 aromatic heterocycles. The lowest BCUT2D eigenvalue weighted by Crippen LogP contribution is -2.48. The highest BCUT2D eigenvalue weighted by atomic mass is 32.1. The summed E-state index contributed by atoms with van der Waals surface area (Å²) in [4.78, 5) is 29.5. The van der Waals surface area contributed by atoms with Gasteiger partial charge in [-0.05, 0) is 23.6 Å². The van der Waals surface area contributed by atoms with E-state index in [4.69, 9.17) is 9.26 Å². The second-order valence-corrected chi connectivity index (χ2v) is 8.48. The standard InChI is InChI=1S/C21H24N6O3S/c28-21(16-3-1-5-22-20(16)26-10-12-29-13-11-26)27-8-6-25(7-9-27)15-18-23-19(24-30-18)17-4-2-14-31-17/h1-5,14H,6-13,15H2. The van der Waals surface area contributed by atoms with Gasteiger partial charge in [0.25, 0.3) is 5.91 Å². The minimum Gasteiger partial charge on any atom is -0.378 e. The Morgan fingerprint density at radius 3 is 2.68 bits per heavy atom. The smallest absolute Gasteiger partial charge is 0.257 e. The van der Waals surface area contributed by atoms with Crippen LogP contribution >= 0.6 is 11.3 Å². The van der Waals surface area contributed by atoms with Crippen molar-refractivity contribution in [2.75, 3.05) is 57.4 Å². The molecule has 9 nitrogen and oxygen atoms in total. The Hall–Kier alpha value is -2.82. The number of morpholine rings is 1. The maximum atomic E-state index is 13.2. The van der Waals surface area contributed by atoms with Crippen molar-refractivity contribution >= 4 is 23.1 Å².